The number of methoxy groups -OCH3 is 2. The van der Waals surface area contributed by atoms with E-state index in [2.05, 4.69) is 6.08 Å². The summed E-state index contributed by atoms with van der Waals surface area (Å²) in [5.41, 5.74) is -2.45. The Bertz CT molecular complexity index is 1640. The normalized spacial score (nSPS) is 44.6. The fourth-order valence-corrected chi connectivity index (χ4v) is 11.7. The molecule has 2 heterocycles. The number of ketones is 1. The zero-order chi connectivity index (χ0) is 43.2. The van der Waals surface area contributed by atoms with Crippen molar-refractivity contribution in [1.82, 2.24) is 0 Å². The molecule has 0 aromatic rings. The van der Waals surface area contributed by atoms with Gasteiger partial charge in [0, 0.05) is 69.1 Å². The molecule has 3 saturated carbocycles. The highest BCUT2D eigenvalue weighted by molar-refractivity contribution is 5.88. The van der Waals surface area contributed by atoms with Gasteiger partial charge >= 0.3 is 17.9 Å². The van der Waals surface area contributed by atoms with Crippen molar-refractivity contribution in [3.63, 3.8) is 0 Å². The fraction of sp³-hybridized carbons (Fsp3) is 0.818. The summed E-state index contributed by atoms with van der Waals surface area (Å²) in [6.07, 6.45) is 0.00136. The first-order chi connectivity index (χ1) is 27.8. The van der Waals surface area contributed by atoms with E-state index in [4.69, 9.17) is 42.6 Å². The van der Waals surface area contributed by atoms with Gasteiger partial charge in [0.15, 0.2) is 12.6 Å². The van der Waals surface area contributed by atoms with Gasteiger partial charge in [-0.05, 0) is 79.1 Å². The van der Waals surface area contributed by atoms with Crippen molar-refractivity contribution in [2.24, 2.45) is 28.6 Å². The number of allylic oxidation sites excluding steroid dienone is 2. The van der Waals surface area contributed by atoms with E-state index in [0.29, 0.717) is 50.5 Å². The van der Waals surface area contributed by atoms with E-state index in [-0.39, 0.29) is 24.9 Å². The molecule has 0 aromatic carbocycles. The zero-order valence-electron chi connectivity index (χ0n) is 36.3. The van der Waals surface area contributed by atoms with E-state index < -0.39 is 114 Å². The van der Waals surface area contributed by atoms with Crippen LogP contribution in [0.3, 0.4) is 0 Å². The lowest BCUT2D eigenvalue weighted by atomic mass is 9.43. The summed E-state index contributed by atoms with van der Waals surface area (Å²) in [5, 5.41) is 23.5. The molecule has 0 aromatic heterocycles. The smallest absolute Gasteiger partial charge is 0.333 e. The molecule has 2 N–H and O–H groups in total. The summed E-state index contributed by atoms with van der Waals surface area (Å²) in [6, 6.07) is 0. The molecule has 15 heteroatoms. The summed E-state index contributed by atoms with van der Waals surface area (Å²) < 4.78 is 55.3. The van der Waals surface area contributed by atoms with Crippen LogP contribution < -0.4 is 0 Å². The number of carbonyl (C=O) groups excluding carboxylic acids is 4. The molecule has 0 bridgehead atoms. The number of rotatable bonds is 12. The summed E-state index contributed by atoms with van der Waals surface area (Å²) >= 11 is 0. The van der Waals surface area contributed by atoms with Gasteiger partial charge < -0.3 is 52.8 Å². The first-order valence-electron chi connectivity index (χ1n) is 21.3. The highest BCUT2D eigenvalue weighted by atomic mass is 16.7. The number of fused-ring (bicyclic) bond motifs is 5. The maximum Gasteiger partial charge on any atom is 0.333 e. The number of hydrogen-bond acceptors (Lipinski definition) is 15. The van der Waals surface area contributed by atoms with Crippen LogP contribution in [-0.2, 0) is 61.8 Å². The average Bonchev–Trinajstić information content (AvgIpc) is 3.48. The van der Waals surface area contributed by atoms with E-state index >= 15 is 0 Å². The lowest BCUT2D eigenvalue weighted by Gasteiger charge is -2.65. The number of esters is 3. The van der Waals surface area contributed by atoms with Gasteiger partial charge in [-0.25, -0.2) is 4.79 Å². The Morgan fingerprint density at radius 2 is 1.54 bits per heavy atom. The van der Waals surface area contributed by atoms with Crippen LogP contribution in [-0.4, -0.2) is 128 Å². The van der Waals surface area contributed by atoms with E-state index in [1.807, 2.05) is 6.92 Å². The Balaban J connectivity index is 1.29. The number of ether oxygens (including phenoxy) is 9. The average molecular weight is 835 g/mol. The van der Waals surface area contributed by atoms with Gasteiger partial charge in [0.05, 0.1) is 36.1 Å². The number of hydrogen-bond donors (Lipinski definition) is 2. The Hall–Kier alpha value is -2.76. The summed E-state index contributed by atoms with van der Waals surface area (Å²) in [4.78, 5) is 52.6. The van der Waals surface area contributed by atoms with Crippen LogP contribution in [0.2, 0.25) is 0 Å². The maximum atomic E-state index is 13.6. The third-order valence-corrected chi connectivity index (χ3v) is 14.9. The summed E-state index contributed by atoms with van der Waals surface area (Å²) in [7, 11) is 3.17. The Morgan fingerprint density at radius 1 is 0.881 bits per heavy atom. The zero-order valence-corrected chi connectivity index (χ0v) is 36.3. The lowest BCUT2D eigenvalue weighted by Crippen LogP contribution is -2.73. The van der Waals surface area contributed by atoms with Gasteiger partial charge in [-0.2, -0.15) is 0 Å². The van der Waals surface area contributed by atoms with Crippen LogP contribution >= 0.6 is 0 Å². The topological polar surface area (TPSA) is 192 Å². The molecule has 0 radical (unpaired) electrons. The molecule has 0 amide bonds. The molecule has 2 saturated heterocycles. The molecular weight excluding hydrogens is 768 g/mol. The molecule has 2 aliphatic heterocycles. The van der Waals surface area contributed by atoms with Crippen molar-refractivity contribution in [2.45, 2.75) is 180 Å². The molecule has 1 unspecified atom stereocenters. The lowest BCUT2D eigenvalue weighted by molar-refractivity contribution is -0.320. The Labute approximate surface area is 347 Å². The number of aliphatic hydroxyl groups is 2. The van der Waals surface area contributed by atoms with Crippen LogP contribution in [0.4, 0.5) is 0 Å². The van der Waals surface area contributed by atoms with Gasteiger partial charge in [-0.15, -0.1) is 0 Å². The molecule has 5 fully saturated rings. The molecule has 4 aliphatic carbocycles. The molecule has 6 aliphatic rings. The van der Waals surface area contributed by atoms with Crippen molar-refractivity contribution in [2.75, 3.05) is 20.8 Å². The Morgan fingerprint density at radius 3 is 2.17 bits per heavy atom. The van der Waals surface area contributed by atoms with E-state index in [1.165, 1.54) is 20.8 Å². The monoisotopic (exact) mass is 834 g/mol. The van der Waals surface area contributed by atoms with Crippen LogP contribution in [0, 0.1) is 28.6 Å². The van der Waals surface area contributed by atoms with Crippen molar-refractivity contribution >= 4 is 23.7 Å². The van der Waals surface area contributed by atoms with E-state index in [0.717, 1.165) is 5.57 Å². The number of Topliss-reactive ketones (excluding diaryl/α,β-unsaturated/α-hetero) is 1. The molecule has 15 nitrogen and oxygen atoms in total. The van der Waals surface area contributed by atoms with Crippen LogP contribution in [0.25, 0.3) is 0 Å². The predicted molar refractivity (Wildman–Crippen MR) is 209 cm³/mol. The van der Waals surface area contributed by atoms with Crippen molar-refractivity contribution in [1.29, 1.82) is 0 Å². The highest BCUT2D eigenvalue weighted by Crippen LogP contribution is 2.69. The summed E-state index contributed by atoms with van der Waals surface area (Å²) in [5.74, 6) is -3.70. The van der Waals surface area contributed by atoms with Gasteiger partial charge in [0.1, 0.15) is 36.8 Å². The van der Waals surface area contributed by atoms with Gasteiger partial charge in [0.2, 0.25) is 0 Å². The van der Waals surface area contributed by atoms with Crippen molar-refractivity contribution in [3.05, 3.63) is 23.3 Å². The minimum Gasteiger partial charge on any atom is -0.465 e. The third kappa shape index (κ3) is 8.31. The van der Waals surface area contributed by atoms with E-state index in [1.54, 1.807) is 48.0 Å². The molecule has 6 rings (SSSR count). The number of carbonyl (C=O) groups is 4. The minimum absolute atomic E-state index is 0.0537. The van der Waals surface area contributed by atoms with Crippen LogP contribution in [0.15, 0.2) is 23.3 Å². The van der Waals surface area contributed by atoms with Gasteiger partial charge in [-0.1, -0.05) is 24.6 Å². The largest absolute Gasteiger partial charge is 0.465 e. The first-order valence-corrected chi connectivity index (χ1v) is 21.3. The predicted octanol–water partition coefficient (Wildman–Crippen LogP) is 4.27. The molecule has 17 atom stereocenters. The van der Waals surface area contributed by atoms with Crippen LogP contribution in [0.1, 0.15) is 107 Å². The van der Waals surface area contributed by atoms with E-state index in [9.17, 15) is 29.4 Å². The second-order valence-corrected chi connectivity index (χ2v) is 18.0. The highest BCUT2D eigenvalue weighted by Gasteiger charge is 2.76. The quantitative estimate of drug-likeness (QED) is 0.123. The number of aliphatic hydroxyl groups excluding tert-OH is 1. The van der Waals surface area contributed by atoms with Crippen LogP contribution in [0.5, 0.6) is 0 Å². The Kier molecular flexibility index (Phi) is 13.9. The second-order valence-electron chi connectivity index (χ2n) is 18.0. The van der Waals surface area contributed by atoms with Crippen molar-refractivity contribution in [3.8, 4) is 0 Å². The maximum absolute atomic E-state index is 13.6. The first kappa shape index (κ1) is 45.8. The molecule has 332 valence electrons. The summed E-state index contributed by atoms with van der Waals surface area (Å²) in [6.45, 7) is 12.9. The third-order valence-electron chi connectivity index (χ3n) is 14.9. The fourth-order valence-electron chi connectivity index (χ4n) is 11.7. The molecular formula is C44H66O15. The molecule has 59 heavy (non-hydrogen) atoms. The second kappa shape index (κ2) is 17.9. The minimum atomic E-state index is -1.50. The molecule has 0 spiro atoms. The standard InChI is InChI=1S/C44H66O15/c1-11-22(2)41(49)59-40-39(56-27(7)47)36-31(44(50)17-15-30(23(3)45)42(40,44)8)13-12-28-18-29(14-16-43(28,36)21-53-26(6)46)57-34-20-33(52-10)38(25(5)55-34)58-35-19-32(51-9)37(48)24(4)54-35/h11-12,24-25,29-40,48,50H,13-21H2,1-10H3/b22-11+/t24-,25-,29+,30-,31?,32+,33+,34+,35+,36-,37-,38-,39+,40-,42+,43-,44+/m1/s1. The van der Waals surface area contributed by atoms with Gasteiger partial charge in [-0.3, -0.25) is 14.4 Å². The van der Waals surface area contributed by atoms with Gasteiger partial charge in [0.25, 0.3) is 0 Å². The SMILES string of the molecule is C/C=C(\C)C(=O)O[C@@H]1[C@@H](OC(C)=O)[C@H]2C(CC=C3C[C@@H](O[C@H]4C[C@H](OC)[C@H](O[C@H]5C[C@H](OC)[C@H](O)[C@@H](C)O5)[C@@H](C)O4)CC[C@@]32COC(C)=O)[C@@]2(O)CC[C@H](C(C)=O)[C@@]12C. The van der Waals surface area contributed by atoms with Crippen molar-refractivity contribution < 1.29 is 72.0 Å².